The van der Waals surface area contributed by atoms with Gasteiger partial charge in [-0.25, -0.2) is 4.68 Å². The molecule has 0 fully saturated rings. The first-order chi connectivity index (χ1) is 17.2. The lowest BCUT2D eigenvalue weighted by Crippen LogP contribution is -2.20. The Balaban J connectivity index is 1.27. The van der Waals surface area contributed by atoms with E-state index in [0.717, 1.165) is 33.6 Å². The number of hydrogen-bond acceptors (Lipinski definition) is 4. The van der Waals surface area contributed by atoms with E-state index in [0.29, 0.717) is 13.1 Å². The number of amides is 1. The lowest BCUT2D eigenvalue weighted by molar-refractivity contribution is -0.116. The van der Waals surface area contributed by atoms with Crippen molar-refractivity contribution in [3.8, 4) is 16.9 Å². The van der Waals surface area contributed by atoms with Gasteiger partial charge in [0.05, 0.1) is 12.2 Å². The highest BCUT2D eigenvalue weighted by Crippen LogP contribution is 2.23. The maximum Gasteiger partial charge on any atom is 0.244 e. The van der Waals surface area contributed by atoms with E-state index >= 15 is 0 Å². The molecule has 0 bridgehead atoms. The van der Waals surface area contributed by atoms with Crippen LogP contribution >= 0.6 is 0 Å². The lowest BCUT2D eigenvalue weighted by atomic mass is 10.1. The van der Waals surface area contributed by atoms with Gasteiger partial charge in [-0.1, -0.05) is 42.5 Å². The second-order valence-corrected chi connectivity index (χ2v) is 8.03. The number of nitrogens with one attached hydrogen (secondary N) is 1. The minimum atomic E-state index is -0.172. The van der Waals surface area contributed by atoms with Gasteiger partial charge in [0.1, 0.15) is 5.69 Å². The summed E-state index contributed by atoms with van der Waals surface area (Å²) in [6, 6.07) is 23.8. The molecule has 35 heavy (non-hydrogen) atoms. The van der Waals surface area contributed by atoms with Crippen molar-refractivity contribution < 1.29 is 4.79 Å². The number of rotatable bonds is 8. The molecule has 0 spiro atoms. The van der Waals surface area contributed by atoms with Gasteiger partial charge in [-0.3, -0.25) is 14.5 Å². The molecule has 7 nitrogen and oxygen atoms in total. The number of pyridine rings is 1. The van der Waals surface area contributed by atoms with Crippen molar-refractivity contribution in [1.29, 1.82) is 0 Å². The van der Waals surface area contributed by atoms with Gasteiger partial charge in [-0.05, 0) is 47.5 Å². The maximum absolute atomic E-state index is 12.5. The lowest BCUT2D eigenvalue weighted by Gasteiger charge is -2.05. The van der Waals surface area contributed by atoms with Crippen LogP contribution in [-0.2, 0) is 17.9 Å². The highest BCUT2D eigenvalue weighted by molar-refractivity contribution is 5.92. The van der Waals surface area contributed by atoms with Crippen molar-refractivity contribution in [2.75, 3.05) is 0 Å². The summed E-state index contributed by atoms with van der Waals surface area (Å²) in [7, 11) is 0. The molecule has 0 aliphatic carbocycles. The van der Waals surface area contributed by atoms with Gasteiger partial charge in [0.2, 0.25) is 5.91 Å². The minimum Gasteiger partial charge on any atom is -0.348 e. The van der Waals surface area contributed by atoms with Crippen LogP contribution < -0.4 is 5.32 Å². The smallest absolute Gasteiger partial charge is 0.244 e. The van der Waals surface area contributed by atoms with Gasteiger partial charge in [0, 0.05) is 54.7 Å². The van der Waals surface area contributed by atoms with E-state index in [1.165, 1.54) is 0 Å². The summed E-state index contributed by atoms with van der Waals surface area (Å²) in [5, 5.41) is 11.9. The standard InChI is InChI=1S/C28H24N6O/c35-27(30-18-22-9-12-26(13-10-22)34-17-5-16-31-34)14-11-25-21-33(20-23-6-2-1-3-7-23)32-28(25)24-8-4-15-29-19-24/h1-17,19,21H,18,20H2,(H,30,35). The zero-order valence-electron chi connectivity index (χ0n) is 19.0. The average Bonchev–Trinajstić information content (AvgIpc) is 3.58. The molecule has 3 aromatic heterocycles. The van der Waals surface area contributed by atoms with Crippen molar-refractivity contribution >= 4 is 12.0 Å². The molecule has 1 amide bonds. The van der Waals surface area contributed by atoms with Crippen molar-refractivity contribution in [3.05, 3.63) is 127 Å². The number of carbonyl (C=O) groups excluding carboxylic acids is 1. The normalized spacial score (nSPS) is 11.1. The molecule has 0 saturated carbocycles. The summed E-state index contributed by atoms with van der Waals surface area (Å²) in [4.78, 5) is 16.8. The zero-order chi connectivity index (χ0) is 23.9. The van der Waals surface area contributed by atoms with Gasteiger partial charge >= 0.3 is 0 Å². The molecule has 0 atom stereocenters. The summed E-state index contributed by atoms with van der Waals surface area (Å²) < 4.78 is 3.68. The molecule has 5 aromatic rings. The van der Waals surface area contributed by atoms with Gasteiger partial charge in [-0.15, -0.1) is 0 Å². The van der Waals surface area contributed by atoms with Crippen LogP contribution in [0.5, 0.6) is 0 Å². The summed E-state index contributed by atoms with van der Waals surface area (Å²) in [6.45, 7) is 1.08. The third-order valence-electron chi connectivity index (χ3n) is 5.50. The summed E-state index contributed by atoms with van der Waals surface area (Å²) in [6.07, 6.45) is 12.4. The molecule has 2 aromatic carbocycles. The van der Waals surface area contributed by atoms with Crippen LogP contribution in [0.1, 0.15) is 16.7 Å². The summed E-state index contributed by atoms with van der Waals surface area (Å²) in [5.74, 6) is -0.172. The van der Waals surface area contributed by atoms with E-state index in [2.05, 4.69) is 27.5 Å². The zero-order valence-corrected chi connectivity index (χ0v) is 19.0. The van der Waals surface area contributed by atoms with Crippen molar-refractivity contribution in [1.82, 2.24) is 29.9 Å². The van der Waals surface area contributed by atoms with Crippen LogP contribution in [0, 0.1) is 0 Å². The fourth-order valence-electron chi connectivity index (χ4n) is 3.74. The van der Waals surface area contributed by atoms with E-state index in [-0.39, 0.29) is 5.91 Å². The Morgan fingerprint density at radius 2 is 1.77 bits per heavy atom. The van der Waals surface area contributed by atoms with E-state index in [4.69, 9.17) is 5.10 Å². The van der Waals surface area contributed by atoms with Crippen LogP contribution in [0.2, 0.25) is 0 Å². The fraction of sp³-hybridized carbons (Fsp3) is 0.0714. The van der Waals surface area contributed by atoms with Gasteiger partial charge in [0.25, 0.3) is 0 Å². The highest BCUT2D eigenvalue weighted by Gasteiger charge is 2.10. The number of carbonyl (C=O) groups is 1. The van der Waals surface area contributed by atoms with Crippen molar-refractivity contribution in [3.63, 3.8) is 0 Å². The molecule has 0 saturated heterocycles. The highest BCUT2D eigenvalue weighted by atomic mass is 16.1. The molecular weight excluding hydrogens is 436 g/mol. The predicted octanol–water partition coefficient (Wildman–Crippen LogP) is 4.51. The van der Waals surface area contributed by atoms with Gasteiger partial charge in [-0.2, -0.15) is 10.2 Å². The Labute approximate surface area is 203 Å². The Bertz CT molecular complexity index is 1410. The molecule has 3 heterocycles. The first-order valence-corrected chi connectivity index (χ1v) is 11.3. The third kappa shape index (κ3) is 5.59. The second-order valence-electron chi connectivity index (χ2n) is 8.03. The minimum absolute atomic E-state index is 0.172. The van der Waals surface area contributed by atoms with Crippen LogP contribution in [-0.4, -0.2) is 30.5 Å². The predicted molar refractivity (Wildman–Crippen MR) is 135 cm³/mol. The fourth-order valence-corrected chi connectivity index (χ4v) is 3.74. The van der Waals surface area contributed by atoms with E-state index < -0.39 is 0 Å². The molecule has 7 heteroatoms. The van der Waals surface area contributed by atoms with E-state index in [1.807, 2.05) is 77.7 Å². The van der Waals surface area contributed by atoms with Gasteiger partial charge in [0.15, 0.2) is 0 Å². The number of benzene rings is 2. The Morgan fingerprint density at radius 1 is 0.914 bits per heavy atom. The first-order valence-electron chi connectivity index (χ1n) is 11.3. The topological polar surface area (TPSA) is 77.6 Å². The number of aromatic nitrogens is 5. The van der Waals surface area contributed by atoms with Crippen molar-refractivity contribution in [2.45, 2.75) is 13.1 Å². The van der Waals surface area contributed by atoms with E-state index in [9.17, 15) is 4.79 Å². The molecule has 0 aliphatic rings. The quantitative estimate of drug-likeness (QED) is 0.346. The molecule has 0 unspecified atom stereocenters. The summed E-state index contributed by atoms with van der Waals surface area (Å²) >= 11 is 0. The molecule has 1 N–H and O–H groups in total. The number of nitrogens with zero attached hydrogens (tertiary/aromatic N) is 5. The van der Waals surface area contributed by atoms with Crippen molar-refractivity contribution in [2.24, 2.45) is 0 Å². The first kappa shape index (κ1) is 22.0. The molecule has 172 valence electrons. The SMILES string of the molecule is O=C(C=Cc1cn(Cc2ccccc2)nc1-c1cccnc1)NCc1ccc(-n2cccn2)cc1. The maximum atomic E-state index is 12.5. The monoisotopic (exact) mass is 460 g/mol. The van der Waals surface area contributed by atoms with Crippen LogP contribution in [0.25, 0.3) is 23.0 Å². The molecular formula is C28H24N6O. The van der Waals surface area contributed by atoms with Crippen LogP contribution in [0.4, 0.5) is 0 Å². The Morgan fingerprint density at radius 3 is 2.51 bits per heavy atom. The second kappa shape index (κ2) is 10.4. The Hall–Kier alpha value is -4.78. The number of hydrogen-bond donors (Lipinski definition) is 1. The van der Waals surface area contributed by atoms with Crippen LogP contribution in [0.15, 0.2) is 110 Å². The summed E-state index contributed by atoms with van der Waals surface area (Å²) in [5.41, 5.74) is 5.67. The molecule has 5 rings (SSSR count). The third-order valence-corrected chi connectivity index (χ3v) is 5.50. The van der Waals surface area contributed by atoms with Crippen LogP contribution in [0.3, 0.4) is 0 Å². The molecule has 0 radical (unpaired) electrons. The molecule has 0 aliphatic heterocycles. The van der Waals surface area contributed by atoms with Gasteiger partial charge < -0.3 is 5.32 Å². The average molecular weight is 461 g/mol. The Kier molecular flexibility index (Phi) is 6.57. The van der Waals surface area contributed by atoms with E-state index in [1.54, 1.807) is 35.4 Å². The largest absolute Gasteiger partial charge is 0.348 e.